The molecule has 0 bridgehead atoms. The van der Waals surface area contributed by atoms with Gasteiger partial charge in [-0.2, -0.15) is 0 Å². The van der Waals surface area contributed by atoms with Crippen LogP contribution in [0.25, 0.3) is 10.8 Å². The highest BCUT2D eigenvalue weighted by molar-refractivity contribution is 6.13. The SMILES string of the molecule is O=C(C=C1CCCCC1)c1cncc2ccccc12. The first-order valence-electron chi connectivity index (χ1n) is 6.91. The molecule has 0 saturated heterocycles. The number of ketones is 1. The summed E-state index contributed by atoms with van der Waals surface area (Å²) in [5.74, 6) is 0.0983. The molecule has 96 valence electrons. The molecule has 19 heavy (non-hydrogen) atoms. The summed E-state index contributed by atoms with van der Waals surface area (Å²) in [6.45, 7) is 0. The van der Waals surface area contributed by atoms with E-state index in [2.05, 4.69) is 4.98 Å². The van der Waals surface area contributed by atoms with Gasteiger partial charge >= 0.3 is 0 Å². The van der Waals surface area contributed by atoms with Gasteiger partial charge in [0, 0.05) is 23.3 Å². The molecule has 0 amide bonds. The summed E-state index contributed by atoms with van der Waals surface area (Å²) in [7, 11) is 0. The molecule has 0 unspecified atom stereocenters. The van der Waals surface area contributed by atoms with Gasteiger partial charge in [0.05, 0.1) is 0 Å². The highest BCUT2D eigenvalue weighted by Crippen LogP contribution is 2.24. The van der Waals surface area contributed by atoms with Gasteiger partial charge < -0.3 is 0 Å². The van der Waals surface area contributed by atoms with Crippen LogP contribution in [0.2, 0.25) is 0 Å². The van der Waals surface area contributed by atoms with E-state index in [1.165, 1.54) is 24.8 Å². The van der Waals surface area contributed by atoms with E-state index in [9.17, 15) is 4.79 Å². The van der Waals surface area contributed by atoms with Crippen molar-refractivity contribution in [3.63, 3.8) is 0 Å². The maximum atomic E-state index is 12.4. The van der Waals surface area contributed by atoms with Crippen molar-refractivity contribution < 1.29 is 4.79 Å². The molecule has 0 aliphatic heterocycles. The normalized spacial score (nSPS) is 15.5. The van der Waals surface area contributed by atoms with E-state index in [4.69, 9.17) is 0 Å². The lowest BCUT2D eigenvalue weighted by Crippen LogP contribution is -2.01. The predicted molar refractivity (Wildman–Crippen MR) is 77.2 cm³/mol. The second-order valence-corrected chi connectivity index (χ2v) is 5.14. The Labute approximate surface area is 113 Å². The highest BCUT2D eigenvalue weighted by atomic mass is 16.1. The molecule has 2 aromatic rings. The Balaban J connectivity index is 1.97. The van der Waals surface area contributed by atoms with Crippen LogP contribution >= 0.6 is 0 Å². The number of benzene rings is 1. The molecule has 1 aliphatic carbocycles. The van der Waals surface area contributed by atoms with Crippen molar-refractivity contribution in [1.82, 2.24) is 4.98 Å². The van der Waals surface area contributed by atoms with E-state index in [0.717, 1.165) is 29.2 Å². The average Bonchev–Trinajstić information content (AvgIpc) is 2.47. The van der Waals surface area contributed by atoms with Crippen LogP contribution in [0.4, 0.5) is 0 Å². The maximum Gasteiger partial charge on any atom is 0.187 e. The topological polar surface area (TPSA) is 30.0 Å². The van der Waals surface area contributed by atoms with Crippen molar-refractivity contribution in [1.29, 1.82) is 0 Å². The molecule has 1 fully saturated rings. The van der Waals surface area contributed by atoms with Crippen LogP contribution in [0, 0.1) is 0 Å². The van der Waals surface area contributed by atoms with Crippen molar-refractivity contribution >= 4 is 16.6 Å². The molecule has 3 rings (SSSR count). The first-order valence-corrected chi connectivity index (χ1v) is 6.91. The van der Waals surface area contributed by atoms with Gasteiger partial charge in [-0.1, -0.05) is 36.3 Å². The van der Waals surface area contributed by atoms with Gasteiger partial charge in [-0.05, 0) is 37.1 Å². The number of hydrogen-bond donors (Lipinski definition) is 0. The number of hydrogen-bond acceptors (Lipinski definition) is 2. The van der Waals surface area contributed by atoms with Gasteiger partial charge in [-0.25, -0.2) is 0 Å². The number of pyridine rings is 1. The number of carbonyl (C=O) groups excluding carboxylic acids is 1. The summed E-state index contributed by atoms with van der Waals surface area (Å²) in [6.07, 6.45) is 11.2. The summed E-state index contributed by atoms with van der Waals surface area (Å²) in [4.78, 5) is 16.6. The van der Waals surface area contributed by atoms with E-state index in [1.807, 2.05) is 30.3 Å². The Bertz CT molecular complexity index is 629. The van der Waals surface area contributed by atoms with Crippen LogP contribution in [0.15, 0.2) is 48.3 Å². The minimum atomic E-state index is 0.0983. The quantitative estimate of drug-likeness (QED) is 0.588. The van der Waals surface area contributed by atoms with E-state index < -0.39 is 0 Å². The van der Waals surface area contributed by atoms with E-state index in [-0.39, 0.29) is 5.78 Å². The van der Waals surface area contributed by atoms with E-state index in [1.54, 1.807) is 12.4 Å². The smallest absolute Gasteiger partial charge is 0.187 e. The summed E-state index contributed by atoms with van der Waals surface area (Å²) in [5.41, 5.74) is 2.01. The molecule has 1 saturated carbocycles. The zero-order valence-corrected chi connectivity index (χ0v) is 10.9. The fraction of sp³-hybridized carbons (Fsp3) is 0.294. The minimum absolute atomic E-state index is 0.0983. The van der Waals surface area contributed by atoms with Gasteiger partial charge in [0.2, 0.25) is 0 Å². The minimum Gasteiger partial charge on any atom is -0.289 e. The Hall–Kier alpha value is -1.96. The predicted octanol–water partition coefficient (Wildman–Crippen LogP) is 4.31. The third-order valence-electron chi connectivity index (χ3n) is 3.76. The van der Waals surface area contributed by atoms with Crippen molar-refractivity contribution in [3.05, 3.63) is 53.9 Å². The lowest BCUT2D eigenvalue weighted by Gasteiger charge is -2.13. The number of nitrogens with zero attached hydrogens (tertiary/aromatic N) is 1. The number of allylic oxidation sites excluding steroid dienone is 2. The monoisotopic (exact) mass is 251 g/mol. The molecule has 1 aromatic heterocycles. The van der Waals surface area contributed by atoms with E-state index in [0.29, 0.717) is 0 Å². The van der Waals surface area contributed by atoms with Crippen LogP contribution in [-0.4, -0.2) is 10.8 Å². The first kappa shape index (κ1) is 12.1. The number of carbonyl (C=O) groups is 1. The standard InChI is InChI=1S/C17H17NO/c19-17(10-13-6-2-1-3-7-13)16-12-18-11-14-8-4-5-9-15(14)16/h4-5,8-12H,1-3,6-7H2. The molecular formula is C17H17NO. The summed E-state index contributed by atoms with van der Waals surface area (Å²) >= 11 is 0. The van der Waals surface area contributed by atoms with Crippen molar-refractivity contribution in [2.24, 2.45) is 0 Å². The van der Waals surface area contributed by atoms with E-state index >= 15 is 0 Å². The van der Waals surface area contributed by atoms with Crippen LogP contribution < -0.4 is 0 Å². The zero-order chi connectivity index (χ0) is 13.1. The van der Waals surface area contributed by atoms with Gasteiger partial charge in [0.1, 0.15) is 0 Å². The summed E-state index contributed by atoms with van der Waals surface area (Å²) in [6, 6.07) is 7.92. The Morgan fingerprint density at radius 3 is 2.68 bits per heavy atom. The molecule has 0 spiro atoms. The fourth-order valence-electron chi connectivity index (χ4n) is 2.73. The highest BCUT2D eigenvalue weighted by Gasteiger charge is 2.11. The van der Waals surface area contributed by atoms with Crippen molar-refractivity contribution in [2.75, 3.05) is 0 Å². The number of rotatable bonds is 2. The van der Waals surface area contributed by atoms with Crippen molar-refractivity contribution in [2.45, 2.75) is 32.1 Å². The molecule has 1 heterocycles. The Morgan fingerprint density at radius 1 is 1.05 bits per heavy atom. The molecule has 2 heteroatoms. The molecule has 2 nitrogen and oxygen atoms in total. The molecule has 1 aliphatic rings. The van der Waals surface area contributed by atoms with Crippen LogP contribution in [0.5, 0.6) is 0 Å². The maximum absolute atomic E-state index is 12.4. The zero-order valence-electron chi connectivity index (χ0n) is 10.9. The third kappa shape index (κ3) is 2.58. The largest absolute Gasteiger partial charge is 0.289 e. The molecule has 0 radical (unpaired) electrons. The van der Waals surface area contributed by atoms with Crippen LogP contribution in [0.3, 0.4) is 0 Å². The molecule has 0 atom stereocenters. The van der Waals surface area contributed by atoms with Gasteiger partial charge in [-0.15, -0.1) is 0 Å². The summed E-state index contributed by atoms with van der Waals surface area (Å²) in [5, 5.41) is 2.02. The summed E-state index contributed by atoms with van der Waals surface area (Å²) < 4.78 is 0. The Kier molecular flexibility index (Phi) is 3.41. The number of fused-ring (bicyclic) bond motifs is 1. The van der Waals surface area contributed by atoms with Gasteiger partial charge in [0.25, 0.3) is 0 Å². The van der Waals surface area contributed by atoms with Crippen LogP contribution in [-0.2, 0) is 0 Å². The lowest BCUT2D eigenvalue weighted by molar-refractivity contribution is 0.104. The second kappa shape index (κ2) is 5.35. The lowest BCUT2D eigenvalue weighted by atomic mass is 9.93. The van der Waals surface area contributed by atoms with Crippen LogP contribution in [0.1, 0.15) is 42.5 Å². The molecule has 0 N–H and O–H groups in total. The number of aromatic nitrogens is 1. The van der Waals surface area contributed by atoms with Gasteiger partial charge in [-0.3, -0.25) is 9.78 Å². The third-order valence-corrected chi connectivity index (χ3v) is 3.76. The Morgan fingerprint density at radius 2 is 1.84 bits per heavy atom. The second-order valence-electron chi connectivity index (χ2n) is 5.14. The fourth-order valence-corrected chi connectivity index (χ4v) is 2.73. The first-order chi connectivity index (χ1) is 9.34. The van der Waals surface area contributed by atoms with Crippen molar-refractivity contribution in [3.8, 4) is 0 Å². The molecular weight excluding hydrogens is 234 g/mol. The average molecular weight is 251 g/mol. The van der Waals surface area contributed by atoms with Gasteiger partial charge in [0.15, 0.2) is 5.78 Å². The molecule has 1 aromatic carbocycles.